The predicted octanol–water partition coefficient (Wildman–Crippen LogP) is 2.05. The lowest BCUT2D eigenvalue weighted by molar-refractivity contribution is 0.275. The van der Waals surface area contributed by atoms with Gasteiger partial charge in [-0.05, 0) is 30.5 Å². The molecule has 0 unspecified atom stereocenters. The number of hydrogen-bond donors (Lipinski definition) is 2. The molecule has 0 atom stereocenters. The molecule has 0 radical (unpaired) electrons. The minimum Gasteiger partial charge on any atom is -0.392 e. The molecule has 0 amide bonds. The highest BCUT2D eigenvalue weighted by Gasteiger charge is 2.31. The molecule has 0 bridgehead atoms. The Bertz CT molecular complexity index is 359. The van der Waals surface area contributed by atoms with Gasteiger partial charge in [0, 0.05) is 11.1 Å². The third-order valence-corrected chi connectivity index (χ3v) is 3.29. The summed E-state index contributed by atoms with van der Waals surface area (Å²) in [6.45, 7) is -0.268. The molecule has 1 aliphatic carbocycles. The van der Waals surface area contributed by atoms with Gasteiger partial charge in [0.2, 0.25) is 0 Å². The van der Waals surface area contributed by atoms with Gasteiger partial charge < -0.3 is 10.8 Å². The van der Waals surface area contributed by atoms with Gasteiger partial charge >= 0.3 is 0 Å². The third kappa shape index (κ3) is 1.90. The van der Waals surface area contributed by atoms with Crippen LogP contribution in [0.4, 0.5) is 4.39 Å². The van der Waals surface area contributed by atoms with Crippen molar-refractivity contribution in [3.05, 3.63) is 35.1 Å². The quantitative estimate of drug-likeness (QED) is 0.783. The van der Waals surface area contributed by atoms with E-state index in [1.807, 2.05) is 0 Å². The summed E-state index contributed by atoms with van der Waals surface area (Å²) < 4.78 is 13.2. The maximum absolute atomic E-state index is 13.2. The van der Waals surface area contributed by atoms with Crippen LogP contribution < -0.4 is 5.73 Å². The first-order chi connectivity index (χ1) is 7.15. The molecule has 0 aromatic heterocycles. The smallest absolute Gasteiger partial charge is 0.128 e. The van der Waals surface area contributed by atoms with Crippen molar-refractivity contribution in [2.75, 3.05) is 0 Å². The summed E-state index contributed by atoms with van der Waals surface area (Å²) in [6.07, 6.45) is 4.15. The zero-order chi connectivity index (χ0) is 10.9. The molecule has 2 rings (SSSR count). The van der Waals surface area contributed by atoms with Crippen LogP contribution in [-0.4, -0.2) is 5.11 Å². The normalized spacial score (nSPS) is 19.4. The van der Waals surface area contributed by atoms with Crippen LogP contribution in [0, 0.1) is 5.82 Å². The molecule has 0 heterocycles. The van der Waals surface area contributed by atoms with Gasteiger partial charge in [0.15, 0.2) is 0 Å². The lowest BCUT2D eigenvalue weighted by atomic mass is 9.88. The Balaban J connectivity index is 2.36. The second-order valence-corrected chi connectivity index (χ2v) is 4.33. The number of rotatable bonds is 2. The lowest BCUT2D eigenvalue weighted by Crippen LogP contribution is -2.33. The molecule has 1 aliphatic rings. The minimum atomic E-state index is -0.358. The van der Waals surface area contributed by atoms with Gasteiger partial charge in [-0.15, -0.1) is 0 Å². The Morgan fingerprint density at radius 2 is 2.00 bits per heavy atom. The van der Waals surface area contributed by atoms with Crippen LogP contribution in [0.2, 0.25) is 0 Å². The first kappa shape index (κ1) is 10.6. The average molecular weight is 209 g/mol. The van der Waals surface area contributed by atoms with Crippen molar-refractivity contribution in [3.63, 3.8) is 0 Å². The SMILES string of the molecule is NC1(c2ccc(F)c(CO)c2)CCCC1. The minimum absolute atomic E-state index is 0.268. The van der Waals surface area contributed by atoms with Gasteiger partial charge in [-0.3, -0.25) is 0 Å². The Labute approximate surface area is 88.9 Å². The number of aliphatic hydroxyl groups excluding tert-OH is 1. The molecule has 15 heavy (non-hydrogen) atoms. The van der Waals surface area contributed by atoms with Crippen molar-refractivity contribution in [1.29, 1.82) is 0 Å². The van der Waals surface area contributed by atoms with Crippen molar-refractivity contribution >= 4 is 0 Å². The number of benzene rings is 1. The molecular formula is C12H16FNO. The van der Waals surface area contributed by atoms with Crippen molar-refractivity contribution in [3.8, 4) is 0 Å². The Hall–Kier alpha value is -0.930. The van der Waals surface area contributed by atoms with Crippen molar-refractivity contribution < 1.29 is 9.50 Å². The summed E-state index contributed by atoms with van der Waals surface area (Å²) in [4.78, 5) is 0. The molecule has 2 nitrogen and oxygen atoms in total. The highest BCUT2D eigenvalue weighted by Crippen LogP contribution is 2.36. The fourth-order valence-electron chi connectivity index (χ4n) is 2.30. The van der Waals surface area contributed by atoms with Crippen molar-refractivity contribution in [2.45, 2.75) is 37.8 Å². The van der Waals surface area contributed by atoms with Gasteiger partial charge in [-0.25, -0.2) is 4.39 Å². The fraction of sp³-hybridized carbons (Fsp3) is 0.500. The van der Waals surface area contributed by atoms with Crippen LogP contribution in [0.1, 0.15) is 36.8 Å². The maximum Gasteiger partial charge on any atom is 0.128 e. The highest BCUT2D eigenvalue weighted by atomic mass is 19.1. The molecule has 0 saturated heterocycles. The van der Waals surface area contributed by atoms with Crippen LogP contribution in [0.3, 0.4) is 0 Å². The summed E-state index contributed by atoms with van der Waals surface area (Å²) in [6, 6.07) is 4.83. The van der Waals surface area contributed by atoms with Gasteiger partial charge in [0.05, 0.1) is 6.61 Å². The first-order valence-electron chi connectivity index (χ1n) is 5.34. The summed E-state index contributed by atoms with van der Waals surface area (Å²) in [5.41, 5.74) is 7.23. The van der Waals surface area contributed by atoms with Crippen LogP contribution in [0.5, 0.6) is 0 Å². The van der Waals surface area contributed by atoms with E-state index in [1.165, 1.54) is 6.07 Å². The van der Waals surface area contributed by atoms with Gasteiger partial charge in [0.25, 0.3) is 0 Å². The van der Waals surface area contributed by atoms with E-state index in [1.54, 1.807) is 12.1 Å². The molecule has 3 N–H and O–H groups in total. The number of aliphatic hydroxyl groups is 1. The van der Waals surface area contributed by atoms with Crippen LogP contribution in [-0.2, 0) is 12.1 Å². The number of halogens is 1. The van der Waals surface area contributed by atoms with E-state index in [0.29, 0.717) is 5.56 Å². The Morgan fingerprint density at radius 3 is 2.60 bits per heavy atom. The van der Waals surface area contributed by atoms with E-state index in [2.05, 4.69) is 0 Å². The highest BCUT2D eigenvalue weighted by molar-refractivity contribution is 5.31. The maximum atomic E-state index is 13.2. The van der Waals surface area contributed by atoms with Crippen molar-refractivity contribution in [1.82, 2.24) is 0 Å². The van der Waals surface area contributed by atoms with Crippen molar-refractivity contribution in [2.24, 2.45) is 5.73 Å². The zero-order valence-electron chi connectivity index (χ0n) is 8.67. The summed E-state index contributed by atoms with van der Waals surface area (Å²) in [7, 11) is 0. The Kier molecular flexibility index (Phi) is 2.76. The molecule has 0 aliphatic heterocycles. The molecule has 0 spiro atoms. The topological polar surface area (TPSA) is 46.2 Å². The van der Waals surface area contributed by atoms with Crippen LogP contribution in [0.25, 0.3) is 0 Å². The molecular weight excluding hydrogens is 193 g/mol. The summed E-state index contributed by atoms with van der Waals surface area (Å²) in [5, 5.41) is 8.99. The molecule has 3 heteroatoms. The average Bonchev–Trinajstić information content (AvgIpc) is 2.67. The van der Waals surface area contributed by atoms with E-state index in [0.717, 1.165) is 31.2 Å². The number of hydrogen-bond acceptors (Lipinski definition) is 2. The predicted molar refractivity (Wildman–Crippen MR) is 56.7 cm³/mol. The molecule has 1 aromatic carbocycles. The van der Waals surface area contributed by atoms with Gasteiger partial charge in [0.1, 0.15) is 5.82 Å². The standard InChI is InChI=1S/C12H16FNO/c13-11-4-3-10(7-9(11)8-15)12(14)5-1-2-6-12/h3-4,7,15H,1-2,5-6,8,14H2. The summed E-state index contributed by atoms with van der Waals surface area (Å²) in [5.74, 6) is -0.358. The van der Waals surface area contributed by atoms with E-state index in [-0.39, 0.29) is 18.0 Å². The van der Waals surface area contributed by atoms with Crippen LogP contribution in [0.15, 0.2) is 18.2 Å². The Morgan fingerprint density at radius 1 is 1.33 bits per heavy atom. The van der Waals surface area contributed by atoms with Crippen LogP contribution >= 0.6 is 0 Å². The largest absolute Gasteiger partial charge is 0.392 e. The van der Waals surface area contributed by atoms with E-state index >= 15 is 0 Å². The molecule has 1 saturated carbocycles. The van der Waals surface area contributed by atoms with Gasteiger partial charge in [-0.2, -0.15) is 0 Å². The zero-order valence-corrected chi connectivity index (χ0v) is 8.67. The van der Waals surface area contributed by atoms with E-state index in [4.69, 9.17) is 10.8 Å². The number of nitrogens with two attached hydrogens (primary N) is 1. The molecule has 1 fully saturated rings. The second-order valence-electron chi connectivity index (χ2n) is 4.33. The second kappa shape index (κ2) is 3.91. The first-order valence-corrected chi connectivity index (χ1v) is 5.34. The fourth-order valence-corrected chi connectivity index (χ4v) is 2.30. The third-order valence-electron chi connectivity index (χ3n) is 3.29. The van der Waals surface area contributed by atoms with Gasteiger partial charge in [-0.1, -0.05) is 18.9 Å². The van der Waals surface area contributed by atoms with E-state index in [9.17, 15) is 4.39 Å². The molecule has 82 valence electrons. The molecule has 1 aromatic rings. The lowest BCUT2D eigenvalue weighted by Gasteiger charge is -2.24. The van der Waals surface area contributed by atoms with E-state index < -0.39 is 0 Å². The monoisotopic (exact) mass is 209 g/mol. The summed E-state index contributed by atoms with van der Waals surface area (Å²) >= 11 is 0.